The maximum atomic E-state index is 12.4. The van der Waals surface area contributed by atoms with Gasteiger partial charge < -0.3 is 9.47 Å². The summed E-state index contributed by atoms with van der Waals surface area (Å²) in [5, 5.41) is 0. The van der Waals surface area contributed by atoms with Gasteiger partial charge in [0.1, 0.15) is 5.78 Å². The van der Waals surface area contributed by atoms with Crippen molar-refractivity contribution in [3.63, 3.8) is 0 Å². The van der Waals surface area contributed by atoms with E-state index in [-0.39, 0.29) is 11.2 Å². The fourth-order valence-corrected chi connectivity index (χ4v) is 7.05. The predicted octanol–water partition coefficient (Wildman–Crippen LogP) is 4.20. The molecule has 0 radical (unpaired) electrons. The molecule has 4 aliphatic rings. The minimum Gasteiger partial charge on any atom is -0.353 e. The monoisotopic (exact) mass is 320 g/mol. The van der Waals surface area contributed by atoms with Crippen LogP contribution in [0.4, 0.5) is 0 Å². The number of methoxy groups -OCH3 is 2. The van der Waals surface area contributed by atoms with Crippen molar-refractivity contribution in [2.24, 2.45) is 35.0 Å². The molecule has 6 atom stereocenters. The van der Waals surface area contributed by atoms with E-state index in [4.69, 9.17) is 9.47 Å². The number of carbonyl (C=O) groups is 1. The highest BCUT2D eigenvalue weighted by molar-refractivity contribution is 5.87. The van der Waals surface area contributed by atoms with E-state index in [1.54, 1.807) is 14.2 Å². The summed E-state index contributed by atoms with van der Waals surface area (Å²) >= 11 is 0. The number of ketones is 1. The van der Waals surface area contributed by atoms with Crippen LogP contribution in [0.25, 0.3) is 0 Å². The molecule has 4 rings (SSSR count). The van der Waals surface area contributed by atoms with Crippen molar-refractivity contribution >= 4 is 5.78 Å². The second-order valence-electron chi connectivity index (χ2n) is 8.92. The van der Waals surface area contributed by atoms with Crippen molar-refractivity contribution in [1.29, 1.82) is 0 Å². The Morgan fingerprint density at radius 1 is 0.913 bits per heavy atom. The molecule has 0 aliphatic heterocycles. The maximum absolute atomic E-state index is 12.4. The van der Waals surface area contributed by atoms with Crippen molar-refractivity contribution in [3.05, 3.63) is 0 Å². The molecular formula is C20H32O3. The first-order valence-corrected chi connectivity index (χ1v) is 9.66. The summed E-state index contributed by atoms with van der Waals surface area (Å²) in [7, 11) is 3.59. The largest absolute Gasteiger partial charge is 0.353 e. The SMILES string of the molecule is COC1(OC)CC[C@@H]2C3CC[C@]4(C)C(=O)CCC4C3CC[C@@H]2C1. The summed E-state index contributed by atoms with van der Waals surface area (Å²) in [6.07, 6.45) is 10.4. The molecule has 130 valence electrons. The molecule has 0 amide bonds. The number of rotatable bonds is 2. The van der Waals surface area contributed by atoms with Gasteiger partial charge in [0, 0.05) is 38.9 Å². The lowest BCUT2D eigenvalue weighted by molar-refractivity contribution is -0.246. The summed E-state index contributed by atoms with van der Waals surface area (Å²) in [5.41, 5.74) is 0.0193. The molecule has 0 N–H and O–H groups in total. The lowest BCUT2D eigenvalue weighted by Crippen LogP contribution is -2.51. The molecule has 0 bridgehead atoms. The zero-order valence-corrected chi connectivity index (χ0v) is 15.0. The van der Waals surface area contributed by atoms with Gasteiger partial charge in [-0.15, -0.1) is 0 Å². The minimum absolute atomic E-state index is 0.0193. The van der Waals surface area contributed by atoms with E-state index < -0.39 is 0 Å². The molecule has 0 aromatic heterocycles. The van der Waals surface area contributed by atoms with Gasteiger partial charge in [-0.2, -0.15) is 0 Å². The van der Waals surface area contributed by atoms with Crippen molar-refractivity contribution in [2.45, 2.75) is 70.5 Å². The Balaban J connectivity index is 1.54. The molecular weight excluding hydrogens is 288 g/mol. The van der Waals surface area contributed by atoms with Gasteiger partial charge in [-0.3, -0.25) is 4.79 Å². The second kappa shape index (κ2) is 5.56. The lowest BCUT2D eigenvalue weighted by atomic mass is 9.50. The van der Waals surface area contributed by atoms with E-state index in [1.165, 1.54) is 25.7 Å². The van der Waals surface area contributed by atoms with Gasteiger partial charge in [0.2, 0.25) is 0 Å². The van der Waals surface area contributed by atoms with Gasteiger partial charge >= 0.3 is 0 Å². The number of carbonyl (C=O) groups excluding carboxylic acids is 1. The predicted molar refractivity (Wildman–Crippen MR) is 88.9 cm³/mol. The van der Waals surface area contributed by atoms with Crippen LogP contribution in [-0.4, -0.2) is 25.8 Å². The molecule has 0 aromatic rings. The zero-order chi connectivity index (χ0) is 16.2. The second-order valence-corrected chi connectivity index (χ2v) is 8.92. The topological polar surface area (TPSA) is 35.5 Å². The maximum Gasteiger partial charge on any atom is 0.167 e. The highest BCUT2D eigenvalue weighted by Gasteiger charge is 2.57. The molecule has 0 saturated heterocycles. The van der Waals surface area contributed by atoms with E-state index in [2.05, 4.69) is 6.92 Å². The fraction of sp³-hybridized carbons (Fsp3) is 0.950. The third-order valence-corrected chi connectivity index (χ3v) is 8.40. The van der Waals surface area contributed by atoms with Gasteiger partial charge in [0.25, 0.3) is 0 Å². The smallest absolute Gasteiger partial charge is 0.167 e. The highest BCUT2D eigenvalue weighted by atomic mass is 16.7. The number of ether oxygens (including phenoxy) is 2. The van der Waals surface area contributed by atoms with Crippen LogP contribution in [0, 0.1) is 35.0 Å². The Labute approximate surface area is 140 Å². The van der Waals surface area contributed by atoms with Crippen molar-refractivity contribution < 1.29 is 14.3 Å². The number of hydrogen-bond acceptors (Lipinski definition) is 3. The van der Waals surface area contributed by atoms with E-state index in [9.17, 15) is 4.79 Å². The summed E-state index contributed by atoms with van der Waals surface area (Å²) in [4.78, 5) is 12.4. The molecule has 3 nitrogen and oxygen atoms in total. The van der Waals surface area contributed by atoms with E-state index in [0.717, 1.165) is 55.8 Å². The first-order chi connectivity index (χ1) is 11.0. The van der Waals surface area contributed by atoms with Crippen LogP contribution < -0.4 is 0 Å². The average Bonchev–Trinajstić information content (AvgIpc) is 2.89. The van der Waals surface area contributed by atoms with Crippen LogP contribution in [0.3, 0.4) is 0 Å². The van der Waals surface area contributed by atoms with Gasteiger partial charge in [-0.1, -0.05) is 6.92 Å². The summed E-state index contributed by atoms with van der Waals surface area (Å²) in [5.74, 6) is 4.15. The quantitative estimate of drug-likeness (QED) is 0.715. The first kappa shape index (κ1) is 16.1. The van der Waals surface area contributed by atoms with Crippen LogP contribution in [0.2, 0.25) is 0 Å². The molecule has 4 fully saturated rings. The Morgan fingerprint density at radius 3 is 2.39 bits per heavy atom. The van der Waals surface area contributed by atoms with E-state index >= 15 is 0 Å². The molecule has 3 heteroatoms. The van der Waals surface area contributed by atoms with Gasteiger partial charge in [0.15, 0.2) is 5.79 Å². The molecule has 3 unspecified atom stereocenters. The number of hydrogen-bond donors (Lipinski definition) is 0. The lowest BCUT2D eigenvalue weighted by Gasteiger charge is -2.56. The molecule has 0 heterocycles. The third kappa shape index (κ3) is 2.26. The highest BCUT2D eigenvalue weighted by Crippen LogP contribution is 2.62. The van der Waals surface area contributed by atoms with Crippen LogP contribution in [-0.2, 0) is 14.3 Å². The summed E-state index contributed by atoms with van der Waals surface area (Å²) < 4.78 is 11.5. The minimum atomic E-state index is -0.333. The average molecular weight is 320 g/mol. The van der Waals surface area contributed by atoms with Crippen molar-refractivity contribution in [1.82, 2.24) is 0 Å². The fourth-order valence-electron chi connectivity index (χ4n) is 7.05. The van der Waals surface area contributed by atoms with Crippen LogP contribution >= 0.6 is 0 Å². The van der Waals surface area contributed by atoms with Crippen molar-refractivity contribution in [3.8, 4) is 0 Å². The Bertz CT molecular complexity index is 483. The van der Waals surface area contributed by atoms with Crippen LogP contribution in [0.1, 0.15) is 64.7 Å². The molecule has 4 aliphatic carbocycles. The standard InChI is InChI=1S/C20H32O3/c1-19-10-8-15-14-9-11-20(22-2,23-3)12-13(14)4-5-16(15)17(19)6-7-18(19)21/h13-17H,4-12H2,1-3H3/t13-,14+,15?,16?,17?,19+/m1/s1. The third-order valence-electron chi connectivity index (χ3n) is 8.40. The summed E-state index contributed by atoms with van der Waals surface area (Å²) in [6.45, 7) is 2.27. The molecule has 0 aromatic carbocycles. The van der Waals surface area contributed by atoms with E-state index in [1.807, 2.05) is 0 Å². The molecule has 4 saturated carbocycles. The number of Topliss-reactive ketones (excluding diaryl/α,β-unsaturated/α-hetero) is 1. The molecule has 23 heavy (non-hydrogen) atoms. The Morgan fingerprint density at radius 2 is 1.65 bits per heavy atom. The zero-order valence-electron chi connectivity index (χ0n) is 15.0. The number of fused-ring (bicyclic) bond motifs is 5. The van der Waals surface area contributed by atoms with Gasteiger partial charge in [0.05, 0.1) is 0 Å². The molecule has 0 spiro atoms. The van der Waals surface area contributed by atoms with Gasteiger partial charge in [-0.25, -0.2) is 0 Å². The summed E-state index contributed by atoms with van der Waals surface area (Å²) in [6, 6.07) is 0. The normalized spacial score (nSPS) is 48.5. The van der Waals surface area contributed by atoms with E-state index in [0.29, 0.717) is 11.7 Å². The Hall–Kier alpha value is -0.410. The van der Waals surface area contributed by atoms with Crippen LogP contribution in [0.5, 0.6) is 0 Å². The van der Waals surface area contributed by atoms with Crippen molar-refractivity contribution in [2.75, 3.05) is 14.2 Å². The Kier molecular flexibility index (Phi) is 3.88. The first-order valence-electron chi connectivity index (χ1n) is 9.66. The van der Waals surface area contributed by atoms with Gasteiger partial charge in [-0.05, 0) is 68.1 Å². The van der Waals surface area contributed by atoms with Crippen LogP contribution in [0.15, 0.2) is 0 Å².